The fourth-order valence-electron chi connectivity index (χ4n) is 6.21. The first-order valence-electron chi connectivity index (χ1n) is 20.5. The summed E-state index contributed by atoms with van der Waals surface area (Å²) < 4.78 is 10.6. The van der Waals surface area contributed by atoms with Gasteiger partial charge in [-0.05, 0) is 18.8 Å². The van der Waals surface area contributed by atoms with E-state index in [0.29, 0.717) is 12.8 Å². The summed E-state index contributed by atoms with van der Waals surface area (Å²) >= 11 is 0. The Hall–Kier alpha value is -1.10. The van der Waals surface area contributed by atoms with E-state index in [2.05, 4.69) is 20.8 Å². The number of aliphatic hydroxyl groups is 1. The van der Waals surface area contributed by atoms with Crippen molar-refractivity contribution in [3.8, 4) is 0 Å². The van der Waals surface area contributed by atoms with Crippen LogP contribution in [0.1, 0.15) is 226 Å². The van der Waals surface area contributed by atoms with E-state index in [4.69, 9.17) is 9.47 Å². The molecule has 0 saturated heterocycles. The van der Waals surface area contributed by atoms with E-state index in [9.17, 15) is 14.7 Å². The van der Waals surface area contributed by atoms with Crippen molar-refractivity contribution in [1.29, 1.82) is 0 Å². The number of esters is 2. The van der Waals surface area contributed by atoms with Crippen LogP contribution in [-0.2, 0) is 19.1 Å². The molecule has 5 heteroatoms. The average molecular weight is 653 g/mol. The fourth-order valence-corrected chi connectivity index (χ4v) is 6.21. The Kier molecular flexibility index (Phi) is 35.9. The molecule has 1 atom stereocenters. The zero-order valence-corrected chi connectivity index (χ0v) is 31.3. The van der Waals surface area contributed by atoms with E-state index in [1.807, 2.05) is 0 Å². The summed E-state index contributed by atoms with van der Waals surface area (Å²) in [5.74, 6) is 0.251. The average Bonchev–Trinajstić information content (AvgIpc) is 3.04. The summed E-state index contributed by atoms with van der Waals surface area (Å²) in [5.41, 5.74) is 0. The normalized spacial score (nSPS) is 12.1. The zero-order chi connectivity index (χ0) is 33.8. The highest BCUT2D eigenvalue weighted by Gasteiger charge is 2.16. The first-order chi connectivity index (χ1) is 22.5. The largest absolute Gasteiger partial charge is 0.462 e. The SMILES string of the molecule is CCCCCCCCCCCCCCCCCCCCCC(=O)O[C@@H](CO)COC(=O)CCCCCCCCCCCCC(C)C. The standard InChI is InChI=1S/C41H80O5/c1-4-5-6-7-8-9-10-11-12-13-14-15-16-17-18-23-26-29-32-35-41(44)46-39(36-42)37-45-40(43)34-31-28-25-22-20-19-21-24-27-30-33-38(2)3/h38-39,42H,4-37H2,1-3H3/t39-/m0/s1. The first-order valence-corrected chi connectivity index (χ1v) is 20.5. The van der Waals surface area contributed by atoms with Gasteiger partial charge in [0.25, 0.3) is 0 Å². The molecular weight excluding hydrogens is 572 g/mol. The van der Waals surface area contributed by atoms with Gasteiger partial charge in [-0.3, -0.25) is 9.59 Å². The number of hydrogen-bond acceptors (Lipinski definition) is 5. The molecule has 0 bridgehead atoms. The molecule has 0 heterocycles. The van der Waals surface area contributed by atoms with Crippen molar-refractivity contribution >= 4 is 11.9 Å². The van der Waals surface area contributed by atoms with Crippen molar-refractivity contribution in [2.45, 2.75) is 232 Å². The molecule has 5 nitrogen and oxygen atoms in total. The van der Waals surface area contributed by atoms with Gasteiger partial charge in [-0.1, -0.05) is 201 Å². The number of ether oxygens (including phenoxy) is 2. The summed E-state index contributed by atoms with van der Waals surface area (Å²) in [6, 6.07) is 0. The summed E-state index contributed by atoms with van der Waals surface area (Å²) in [4.78, 5) is 24.2. The van der Waals surface area contributed by atoms with Crippen molar-refractivity contribution in [2.75, 3.05) is 13.2 Å². The predicted molar refractivity (Wildman–Crippen MR) is 196 cm³/mol. The van der Waals surface area contributed by atoms with Crippen LogP contribution < -0.4 is 0 Å². The lowest BCUT2D eigenvalue weighted by Gasteiger charge is -2.15. The second kappa shape index (κ2) is 36.7. The Bertz CT molecular complexity index is 634. The zero-order valence-electron chi connectivity index (χ0n) is 31.3. The van der Waals surface area contributed by atoms with E-state index in [1.54, 1.807) is 0 Å². The van der Waals surface area contributed by atoms with Crippen LogP contribution in [0.15, 0.2) is 0 Å². The minimum Gasteiger partial charge on any atom is -0.462 e. The number of aliphatic hydroxyl groups excluding tert-OH is 1. The molecule has 0 aliphatic carbocycles. The lowest BCUT2D eigenvalue weighted by molar-refractivity contribution is -0.161. The highest BCUT2D eigenvalue weighted by molar-refractivity contribution is 5.70. The van der Waals surface area contributed by atoms with Gasteiger partial charge in [0.05, 0.1) is 6.61 Å². The van der Waals surface area contributed by atoms with Gasteiger partial charge >= 0.3 is 11.9 Å². The number of hydrogen-bond donors (Lipinski definition) is 1. The summed E-state index contributed by atoms with van der Waals surface area (Å²) in [5, 5.41) is 9.55. The third-order valence-corrected chi connectivity index (χ3v) is 9.33. The van der Waals surface area contributed by atoms with Crippen LogP contribution in [0.4, 0.5) is 0 Å². The summed E-state index contributed by atoms with van der Waals surface area (Å²) in [7, 11) is 0. The van der Waals surface area contributed by atoms with Crippen LogP contribution in [0.25, 0.3) is 0 Å². The molecule has 0 aliphatic rings. The van der Waals surface area contributed by atoms with Crippen molar-refractivity contribution < 1.29 is 24.2 Å². The van der Waals surface area contributed by atoms with Crippen LogP contribution >= 0.6 is 0 Å². The Morgan fingerprint density at radius 3 is 1.15 bits per heavy atom. The molecule has 0 fully saturated rings. The summed E-state index contributed by atoms with van der Waals surface area (Å²) in [6.07, 6.45) is 38.8. The molecule has 0 saturated carbocycles. The molecule has 274 valence electrons. The number of carbonyl (C=O) groups excluding carboxylic acids is 2. The topological polar surface area (TPSA) is 72.8 Å². The highest BCUT2D eigenvalue weighted by Crippen LogP contribution is 2.16. The fraction of sp³-hybridized carbons (Fsp3) is 0.951. The maximum atomic E-state index is 12.2. The molecule has 0 amide bonds. The molecular formula is C41H80O5. The van der Waals surface area contributed by atoms with E-state index in [-0.39, 0.29) is 25.2 Å². The maximum Gasteiger partial charge on any atom is 0.306 e. The quantitative estimate of drug-likeness (QED) is 0.0534. The maximum absolute atomic E-state index is 12.2. The van der Waals surface area contributed by atoms with Gasteiger partial charge in [0.1, 0.15) is 6.61 Å². The Labute approximate surface area is 287 Å². The molecule has 0 aromatic carbocycles. The molecule has 0 rings (SSSR count). The Morgan fingerprint density at radius 1 is 0.478 bits per heavy atom. The molecule has 0 aliphatic heterocycles. The molecule has 46 heavy (non-hydrogen) atoms. The van der Waals surface area contributed by atoms with Gasteiger partial charge in [-0.2, -0.15) is 0 Å². The second-order valence-electron chi connectivity index (χ2n) is 14.6. The van der Waals surface area contributed by atoms with Crippen LogP contribution in [0, 0.1) is 5.92 Å². The molecule has 0 aromatic rings. The van der Waals surface area contributed by atoms with Gasteiger partial charge in [-0.25, -0.2) is 0 Å². The van der Waals surface area contributed by atoms with Crippen molar-refractivity contribution in [2.24, 2.45) is 5.92 Å². The lowest BCUT2D eigenvalue weighted by Crippen LogP contribution is -2.28. The van der Waals surface area contributed by atoms with Crippen LogP contribution in [-0.4, -0.2) is 36.4 Å². The van der Waals surface area contributed by atoms with Gasteiger partial charge in [-0.15, -0.1) is 0 Å². The highest BCUT2D eigenvalue weighted by atomic mass is 16.6. The first kappa shape index (κ1) is 44.9. The smallest absolute Gasteiger partial charge is 0.306 e. The van der Waals surface area contributed by atoms with Crippen LogP contribution in [0.2, 0.25) is 0 Å². The van der Waals surface area contributed by atoms with Gasteiger partial charge in [0.15, 0.2) is 6.10 Å². The third-order valence-electron chi connectivity index (χ3n) is 9.33. The lowest BCUT2D eigenvalue weighted by atomic mass is 10.0. The molecule has 1 N–H and O–H groups in total. The number of carbonyl (C=O) groups is 2. The van der Waals surface area contributed by atoms with Crippen LogP contribution in [0.5, 0.6) is 0 Å². The Balaban J connectivity index is 3.48. The van der Waals surface area contributed by atoms with E-state index < -0.39 is 6.10 Å². The van der Waals surface area contributed by atoms with Crippen molar-refractivity contribution in [1.82, 2.24) is 0 Å². The molecule has 0 unspecified atom stereocenters. The molecule has 0 radical (unpaired) electrons. The molecule has 0 aromatic heterocycles. The number of rotatable bonds is 37. The Morgan fingerprint density at radius 2 is 0.804 bits per heavy atom. The number of unbranched alkanes of at least 4 members (excludes halogenated alkanes) is 27. The predicted octanol–water partition coefficient (Wildman–Crippen LogP) is 12.6. The van der Waals surface area contributed by atoms with E-state index >= 15 is 0 Å². The second-order valence-corrected chi connectivity index (χ2v) is 14.6. The van der Waals surface area contributed by atoms with Gasteiger partial charge in [0, 0.05) is 12.8 Å². The van der Waals surface area contributed by atoms with Gasteiger partial charge < -0.3 is 14.6 Å². The minimum atomic E-state index is -0.762. The van der Waals surface area contributed by atoms with Crippen molar-refractivity contribution in [3.05, 3.63) is 0 Å². The van der Waals surface area contributed by atoms with E-state index in [1.165, 1.54) is 154 Å². The van der Waals surface area contributed by atoms with Gasteiger partial charge in [0.2, 0.25) is 0 Å². The van der Waals surface area contributed by atoms with E-state index in [0.717, 1.165) is 44.4 Å². The monoisotopic (exact) mass is 653 g/mol. The van der Waals surface area contributed by atoms with Crippen LogP contribution in [0.3, 0.4) is 0 Å². The molecule has 0 spiro atoms. The third kappa shape index (κ3) is 35.7. The summed E-state index contributed by atoms with van der Waals surface area (Å²) in [6.45, 7) is 6.50. The van der Waals surface area contributed by atoms with Crippen molar-refractivity contribution in [3.63, 3.8) is 0 Å². The minimum absolute atomic E-state index is 0.0581.